The van der Waals surface area contributed by atoms with Gasteiger partial charge in [-0.3, -0.25) is 4.79 Å². The number of H-pyrrole nitrogens is 1. The number of aromatic hydroxyl groups is 1. The van der Waals surface area contributed by atoms with Crippen molar-refractivity contribution in [2.45, 2.75) is 17.4 Å². The van der Waals surface area contributed by atoms with E-state index in [1.807, 2.05) is 0 Å². The van der Waals surface area contributed by atoms with Crippen molar-refractivity contribution < 1.29 is 23.1 Å². The number of hydrogen-bond donors (Lipinski definition) is 5. The van der Waals surface area contributed by atoms with Crippen molar-refractivity contribution in [2.24, 2.45) is 15.4 Å². The second-order valence-electron chi connectivity index (χ2n) is 7.56. The Morgan fingerprint density at radius 3 is 2.70 bits per heavy atom. The fourth-order valence-corrected chi connectivity index (χ4v) is 3.99. The number of rotatable bonds is 7. The second kappa shape index (κ2) is 9.67. The Bertz CT molecular complexity index is 1280. The van der Waals surface area contributed by atoms with Crippen LogP contribution in [-0.4, -0.2) is 56.8 Å². The molecule has 0 spiro atoms. The van der Waals surface area contributed by atoms with Gasteiger partial charge >= 0.3 is 0 Å². The molecule has 11 nitrogen and oxygen atoms in total. The summed E-state index contributed by atoms with van der Waals surface area (Å²) in [5.41, 5.74) is 1.53. The minimum absolute atomic E-state index is 0.0432. The smallest absolute Gasteiger partial charge is 0.251 e. The molecule has 1 unspecified atom stereocenters. The molecule has 1 saturated heterocycles. The maximum absolute atomic E-state index is 12.6. The van der Waals surface area contributed by atoms with Gasteiger partial charge in [0.15, 0.2) is 5.69 Å². The zero-order valence-corrected chi connectivity index (χ0v) is 18.4. The van der Waals surface area contributed by atoms with Crippen LogP contribution in [0.5, 0.6) is 5.88 Å². The van der Waals surface area contributed by atoms with Crippen molar-refractivity contribution in [2.75, 3.05) is 26.2 Å². The third kappa shape index (κ3) is 5.54. The van der Waals surface area contributed by atoms with E-state index in [0.717, 1.165) is 13.1 Å². The molecule has 1 aromatic heterocycles. The quantitative estimate of drug-likeness (QED) is 0.329. The first kappa shape index (κ1) is 22.9. The first-order valence-corrected chi connectivity index (χ1v) is 11.9. The van der Waals surface area contributed by atoms with Crippen LogP contribution in [0.25, 0.3) is 10.9 Å². The third-order valence-electron chi connectivity index (χ3n) is 5.20. The number of nitrogens with two attached hydrogens (primary N) is 1. The highest BCUT2D eigenvalue weighted by Crippen LogP contribution is 2.36. The molecule has 0 bridgehead atoms. The zero-order chi connectivity index (χ0) is 23.4. The molecule has 2 aromatic carbocycles. The number of aromatic nitrogens is 1. The van der Waals surface area contributed by atoms with E-state index in [1.165, 1.54) is 24.3 Å². The number of fused-ring (bicyclic) bond motifs is 1. The molecule has 0 radical (unpaired) electrons. The molecule has 1 atom stereocenters. The SMILES string of the molecule is NS(=O)(=O)c1ccc(N=Nc2c(O)[nH]c3ccc(C(=O)NCCC4CNCCO4)cc23)cc1. The zero-order valence-electron chi connectivity index (χ0n) is 17.6. The number of sulfonamides is 1. The van der Waals surface area contributed by atoms with E-state index in [9.17, 15) is 18.3 Å². The van der Waals surface area contributed by atoms with Gasteiger partial charge in [-0.05, 0) is 48.9 Å². The molecule has 33 heavy (non-hydrogen) atoms. The van der Waals surface area contributed by atoms with Crippen molar-refractivity contribution in [3.05, 3.63) is 48.0 Å². The maximum atomic E-state index is 12.6. The molecular formula is C21H24N6O5S. The molecule has 6 N–H and O–H groups in total. The highest BCUT2D eigenvalue weighted by Gasteiger charge is 2.16. The summed E-state index contributed by atoms with van der Waals surface area (Å²) in [5.74, 6) is -0.447. The molecule has 174 valence electrons. The normalized spacial score (nSPS) is 16.9. The van der Waals surface area contributed by atoms with Crippen LogP contribution in [0, 0.1) is 0 Å². The standard InChI is InChI=1S/C21H24N6O5S/c22-33(30,31)16-4-2-14(3-5-16)26-27-19-17-11-13(1-6-18(17)25-21(19)29)20(28)24-8-7-15-12-23-9-10-32-15/h1-6,11,15,23,25,29H,7-10,12H2,(H,24,28)(H2,22,30,31). The van der Waals surface area contributed by atoms with E-state index in [0.29, 0.717) is 41.7 Å². The van der Waals surface area contributed by atoms with Gasteiger partial charge < -0.3 is 25.5 Å². The average Bonchev–Trinajstić information content (AvgIpc) is 3.12. The Hall–Kier alpha value is -3.32. The summed E-state index contributed by atoms with van der Waals surface area (Å²) in [6, 6.07) is 10.5. The lowest BCUT2D eigenvalue weighted by molar-refractivity contribution is 0.0239. The fourth-order valence-electron chi connectivity index (χ4n) is 3.47. The van der Waals surface area contributed by atoms with E-state index in [-0.39, 0.29) is 28.5 Å². The molecule has 1 aliphatic heterocycles. The summed E-state index contributed by atoms with van der Waals surface area (Å²) >= 11 is 0. The summed E-state index contributed by atoms with van der Waals surface area (Å²) in [7, 11) is -3.80. The predicted molar refractivity (Wildman–Crippen MR) is 122 cm³/mol. The molecule has 3 aromatic rings. The number of aromatic amines is 1. The first-order valence-electron chi connectivity index (χ1n) is 10.3. The van der Waals surface area contributed by atoms with Gasteiger partial charge in [0.25, 0.3) is 5.91 Å². The Balaban J connectivity index is 1.48. The van der Waals surface area contributed by atoms with Crippen LogP contribution >= 0.6 is 0 Å². The van der Waals surface area contributed by atoms with Gasteiger partial charge in [-0.25, -0.2) is 13.6 Å². The molecule has 0 aliphatic carbocycles. The average molecular weight is 473 g/mol. The van der Waals surface area contributed by atoms with Crippen molar-refractivity contribution in [3.8, 4) is 5.88 Å². The number of carbonyl (C=O) groups is 1. The Morgan fingerprint density at radius 1 is 1.21 bits per heavy atom. The topological polar surface area (TPSA) is 171 Å². The molecule has 1 fully saturated rings. The fraction of sp³-hybridized carbons (Fsp3) is 0.286. The van der Waals surface area contributed by atoms with Gasteiger partial charge in [-0.1, -0.05) is 0 Å². The van der Waals surface area contributed by atoms with Crippen LogP contribution in [0.4, 0.5) is 11.4 Å². The molecular weight excluding hydrogens is 448 g/mol. The van der Waals surface area contributed by atoms with Crippen LogP contribution in [0.1, 0.15) is 16.8 Å². The number of amides is 1. The lowest BCUT2D eigenvalue weighted by Gasteiger charge is -2.23. The van der Waals surface area contributed by atoms with E-state index < -0.39 is 10.0 Å². The minimum atomic E-state index is -3.80. The van der Waals surface area contributed by atoms with Crippen LogP contribution in [0.2, 0.25) is 0 Å². The highest BCUT2D eigenvalue weighted by atomic mass is 32.2. The second-order valence-corrected chi connectivity index (χ2v) is 9.12. The summed E-state index contributed by atoms with van der Waals surface area (Å²) in [6.07, 6.45) is 0.782. The first-order chi connectivity index (χ1) is 15.8. The molecule has 12 heteroatoms. The lowest BCUT2D eigenvalue weighted by atomic mass is 10.1. The third-order valence-corrected chi connectivity index (χ3v) is 6.13. The Kier molecular flexibility index (Phi) is 6.70. The van der Waals surface area contributed by atoms with E-state index in [4.69, 9.17) is 9.88 Å². The van der Waals surface area contributed by atoms with Crippen LogP contribution < -0.4 is 15.8 Å². The number of carbonyl (C=O) groups excluding carboxylic acids is 1. The van der Waals surface area contributed by atoms with Crippen molar-refractivity contribution >= 4 is 38.2 Å². The number of primary sulfonamides is 1. The van der Waals surface area contributed by atoms with E-state index in [2.05, 4.69) is 25.8 Å². The van der Waals surface area contributed by atoms with Crippen LogP contribution in [-0.2, 0) is 14.8 Å². The van der Waals surface area contributed by atoms with E-state index in [1.54, 1.807) is 18.2 Å². The molecule has 4 rings (SSSR count). The number of morpholine rings is 1. The minimum Gasteiger partial charge on any atom is -0.493 e. The summed E-state index contributed by atoms with van der Waals surface area (Å²) in [4.78, 5) is 15.3. The number of hydrogen-bond acceptors (Lipinski definition) is 8. The molecule has 1 amide bonds. The van der Waals surface area contributed by atoms with Gasteiger partial charge in [0.1, 0.15) is 0 Å². The number of nitrogens with one attached hydrogen (secondary N) is 3. The van der Waals surface area contributed by atoms with Crippen molar-refractivity contribution in [3.63, 3.8) is 0 Å². The molecule has 0 saturated carbocycles. The van der Waals surface area contributed by atoms with E-state index >= 15 is 0 Å². The number of azo groups is 1. The van der Waals surface area contributed by atoms with Crippen LogP contribution in [0.15, 0.2) is 57.6 Å². The summed E-state index contributed by atoms with van der Waals surface area (Å²) in [5, 5.41) is 30.1. The monoisotopic (exact) mass is 472 g/mol. The lowest BCUT2D eigenvalue weighted by Crippen LogP contribution is -2.40. The molecule has 2 heterocycles. The molecule has 1 aliphatic rings. The van der Waals surface area contributed by atoms with Gasteiger partial charge in [-0.2, -0.15) is 5.11 Å². The Morgan fingerprint density at radius 2 is 2.00 bits per heavy atom. The summed E-state index contributed by atoms with van der Waals surface area (Å²) < 4.78 is 28.3. The number of nitrogens with zero attached hydrogens (tertiary/aromatic N) is 2. The van der Waals surface area contributed by atoms with Gasteiger partial charge in [0, 0.05) is 30.6 Å². The predicted octanol–water partition coefficient (Wildman–Crippen LogP) is 2.04. The largest absolute Gasteiger partial charge is 0.493 e. The van der Waals surface area contributed by atoms with Gasteiger partial charge in [0.05, 0.1) is 28.8 Å². The number of benzene rings is 2. The Labute approximate surface area is 190 Å². The summed E-state index contributed by atoms with van der Waals surface area (Å²) in [6.45, 7) is 2.75. The van der Waals surface area contributed by atoms with Gasteiger partial charge in [-0.15, -0.1) is 5.11 Å². The van der Waals surface area contributed by atoms with Crippen molar-refractivity contribution in [1.29, 1.82) is 0 Å². The van der Waals surface area contributed by atoms with Crippen molar-refractivity contribution in [1.82, 2.24) is 15.6 Å². The highest BCUT2D eigenvalue weighted by molar-refractivity contribution is 7.89. The number of ether oxygens (including phenoxy) is 1. The maximum Gasteiger partial charge on any atom is 0.251 e. The van der Waals surface area contributed by atoms with Crippen LogP contribution in [0.3, 0.4) is 0 Å². The van der Waals surface area contributed by atoms with Gasteiger partial charge in [0.2, 0.25) is 15.9 Å².